The SMILES string of the molecule is COc1ccc(C(CCl)N(C)C)cc1C(C)(C)C. The molecule has 0 bridgehead atoms. The fourth-order valence-corrected chi connectivity index (χ4v) is 2.50. The molecule has 1 rings (SSSR count). The van der Waals surface area contributed by atoms with E-state index in [1.165, 1.54) is 11.1 Å². The smallest absolute Gasteiger partial charge is 0.122 e. The number of rotatable bonds is 4. The number of methoxy groups -OCH3 is 1. The summed E-state index contributed by atoms with van der Waals surface area (Å²) in [5, 5.41) is 0. The Morgan fingerprint density at radius 3 is 2.28 bits per heavy atom. The lowest BCUT2D eigenvalue weighted by Gasteiger charge is -2.27. The van der Waals surface area contributed by atoms with E-state index < -0.39 is 0 Å². The molecule has 0 aromatic heterocycles. The van der Waals surface area contributed by atoms with Gasteiger partial charge in [-0.3, -0.25) is 0 Å². The first-order valence-corrected chi connectivity index (χ1v) is 6.75. The van der Waals surface area contributed by atoms with Crippen molar-refractivity contribution >= 4 is 11.6 Å². The molecule has 0 aliphatic heterocycles. The van der Waals surface area contributed by atoms with Crippen molar-refractivity contribution in [3.8, 4) is 5.75 Å². The van der Waals surface area contributed by atoms with Crippen molar-refractivity contribution in [2.24, 2.45) is 0 Å². The molecule has 0 aliphatic rings. The molecule has 3 heteroatoms. The van der Waals surface area contributed by atoms with E-state index in [4.69, 9.17) is 16.3 Å². The third-order valence-corrected chi connectivity index (χ3v) is 3.48. The van der Waals surface area contributed by atoms with Gasteiger partial charge in [0.2, 0.25) is 0 Å². The van der Waals surface area contributed by atoms with E-state index in [0.717, 1.165) is 5.75 Å². The maximum Gasteiger partial charge on any atom is 0.122 e. The Kier molecular flexibility index (Phi) is 5.06. The number of hydrogen-bond donors (Lipinski definition) is 0. The van der Waals surface area contributed by atoms with Gasteiger partial charge < -0.3 is 9.64 Å². The largest absolute Gasteiger partial charge is 0.496 e. The van der Waals surface area contributed by atoms with Crippen LogP contribution in [0.3, 0.4) is 0 Å². The molecule has 0 N–H and O–H groups in total. The van der Waals surface area contributed by atoms with Gasteiger partial charge in [0.1, 0.15) is 5.75 Å². The van der Waals surface area contributed by atoms with Crippen LogP contribution in [0.25, 0.3) is 0 Å². The molecule has 0 heterocycles. The molecule has 1 atom stereocenters. The van der Waals surface area contributed by atoms with E-state index in [1.807, 2.05) is 20.2 Å². The topological polar surface area (TPSA) is 12.5 Å². The molecule has 0 aliphatic carbocycles. The second-order valence-electron chi connectivity index (χ2n) is 5.84. The summed E-state index contributed by atoms with van der Waals surface area (Å²) in [4.78, 5) is 2.14. The van der Waals surface area contributed by atoms with Crippen LogP contribution in [0, 0.1) is 0 Å². The highest BCUT2D eigenvalue weighted by atomic mass is 35.5. The first-order chi connectivity index (χ1) is 8.31. The van der Waals surface area contributed by atoms with Crippen LogP contribution < -0.4 is 4.74 Å². The Balaban J connectivity index is 3.26. The summed E-state index contributed by atoms with van der Waals surface area (Å²) in [6.45, 7) is 6.58. The van der Waals surface area contributed by atoms with Gasteiger partial charge in [0.05, 0.1) is 7.11 Å². The maximum absolute atomic E-state index is 6.06. The number of halogens is 1. The third kappa shape index (κ3) is 3.39. The third-order valence-electron chi connectivity index (χ3n) is 3.19. The molecule has 0 radical (unpaired) electrons. The number of benzene rings is 1. The molecule has 0 fully saturated rings. The summed E-state index contributed by atoms with van der Waals surface area (Å²) in [5.41, 5.74) is 2.52. The number of alkyl halides is 1. The predicted molar refractivity (Wildman–Crippen MR) is 78.8 cm³/mol. The van der Waals surface area contributed by atoms with Crippen molar-refractivity contribution < 1.29 is 4.74 Å². The normalized spacial score (nSPS) is 13.8. The van der Waals surface area contributed by atoms with Crippen molar-refractivity contribution in [2.45, 2.75) is 32.2 Å². The van der Waals surface area contributed by atoms with E-state index in [2.05, 4.69) is 37.8 Å². The molecule has 102 valence electrons. The second kappa shape index (κ2) is 5.94. The van der Waals surface area contributed by atoms with Gasteiger partial charge in [-0.1, -0.05) is 26.8 Å². The summed E-state index contributed by atoms with van der Waals surface area (Å²) in [5.74, 6) is 1.53. The molecular weight excluding hydrogens is 246 g/mol. The predicted octanol–water partition coefficient (Wildman–Crippen LogP) is 3.83. The minimum Gasteiger partial charge on any atom is -0.496 e. The number of ether oxygens (including phenoxy) is 1. The average molecular weight is 270 g/mol. The summed E-state index contributed by atoms with van der Waals surface area (Å²) in [6.07, 6.45) is 0. The molecule has 1 aromatic carbocycles. The van der Waals surface area contributed by atoms with Crippen molar-refractivity contribution in [3.05, 3.63) is 29.3 Å². The van der Waals surface area contributed by atoms with E-state index in [-0.39, 0.29) is 11.5 Å². The fourth-order valence-electron chi connectivity index (χ4n) is 2.04. The minimum absolute atomic E-state index is 0.0600. The van der Waals surface area contributed by atoms with Crippen LogP contribution in [-0.4, -0.2) is 32.0 Å². The maximum atomic E-state index is 6.06. The van der Waals surface area contributed by atoms with E-state index in [0.29, 0.717) is 5.88 Å². The second-order valence-corrected chi connectivity index (χ2v) is 6.15. The summed E-state index contributed by atoms with van der Waals surface area (Å²) < 4.78 is 5.45. The molecule has 0 spiro atoms. The van der Waals surface area contributed by atoms with Crippen LogP contribution in [-0.2, 0) is 5.41 Å². The van der Waals surface area contributed by atoms with E-state index >= 15 is 0 Å². The van der Waals surface area contributed by atoms with Crippen molar-refractivity contribution in [2.75, 3.05) is 27.1 Å². The lowest BCUT2D eigenvalue weighted by molar-refractivity contribution is 0.323. The minimum atomic E-state index is 0.0600. The van der Waals surface area contributed by atoms with E-state index in [9.17, 15) is 0 Å². The van der Waals surface area contributed by atoms with Crippen molar-refractivity contribution in [1.29, 1.82) is 0 Å². The van der Waals surface area contributed by atoms with Gasteiger partial charge in [-0.2, -0.15) is 0 Å². The lowest BCUT2D eigenvalue weighted by Crippen LogP contribution is -2.22. The van der Waals surface area contributed by atoms with Crippen molar-refractivity contribution in [1.82, 2.24) is 4.90 Å². The molecule has 18 heavy (non-hydrogen) atoms. The van der Waals surface area contributed by atoms with Crippen LogP contribution in [0.1, 0.15) is 37.9 Å². The molecule has 1 aromatic rings. The van der Waals surface area contributed by atoms with Gasteiger partial charge in [-0.25, -0.2) is 0 Å². The van der Waals surface area contributed by atoms with Crippen LogP contribution in [0.15, 0.2) is 18.2 Å². The molecule has 2 nitrogen and oxygen atoms in total. The average Bonchev–Trinajstić information content (AvgIpc) is 2.28. The summed E-state index contributed by atoms with van der Waals surface area (Å²) in [7, 11) is 5.82. The fraction of sp³-hybridized carbons (Fsp3) is 0.600. The first-order valence-electron chi connectivity index (χ1n) is 6.22. The number of hydrogen-bond acceptors (Lipinski definition) is 2. The Hall–Kier alpha value is -0.730. The van der Waals surface area contributed by atoms with Crippen molar-refractivity contribution in [3.63, 3.8) is 0 Å². The Bertz CT molecular complexity index is 396. The lowest BCUT2D eigenvalue weighted by atomic mass is 9.84. The highest BCUT2D eigenvalue weighted by Crippen LogP contribution is 2.34. The number of nitrogens with zero attached hydrogens (tertiary/aromatic N) is 1. The Labute approximate surface area is 116 Å². The zero-order valence-electron chi connectivity index (χ0n) is 12.2. The standard InChI is InChI=1S/C15H24ClNO/c1-15(2,3)12-9-11(7-8-14(12)18-6)13(10-16)17(4)5/h7-9,13H,10H2,1-6H3. The first kappa shape index (κ1) is 15.3. The quantitative estimate of drug-likeness (QED) is 0.770. The highest BCUT2D eigenvalue weighted by molar-refractivity contribution is 6.18. The molecular formula is C15H24ClNO. The van der Waals surface area contributed by atoms with Gasteiger partial charge in [0, 0.05) is 11.9 Å². The zero-order chi connectivity index (χ0) is 13.9. The van der Waals surface area contributed by atoms with Gasteiger partial charge in [-0.15, -0.1) is 11.6 Å². The zero-order valence-corrected chi connectivity index (χ0v) is 13.0. The van der Waals surface area contributed by atoms with Crippen LogP contribution in [0.2, 0.25) is 0 Å². The Morgan fingerprint density at radius 2 is 1.89 bits per heavy atom. The van der Waals surface area contributed by atoms with Gasteiger partial charge in [0.15, 0.2) is 0 Å². The summed E-state index contributed by atoms with van der Waals surface area (Å²) >= 11 is 6.06. The molecule has 1 unspecified atom stereocenters. The van der Waals surface area contributed by atoms with Crippen LogP contribution in [0.4, 0.5) is 0 Å². The molecule has 0 saturated carbocycles. The van der Waals surface area contributed by atoms with Crippen LogP contribution >= 0.6 is 11.6 Å². The van der Waals surface area contributed by atoms with Gasteiger partial charge >= 0.3 is 0 Å². The monoisotopic (exact) mass is 269 g/mol. The molecule has 0 saturated heterocycles. The van der Waals surface area contributed by atoms with E-state index in [1.54, 1.807) is 7.11 Å². The Morgan fingerprint density at radius 1 is 1.28 bits per heavy atom. The molecule has 0 amide bonds. The van der Waals surface area contributed by atoms with Crippen LogP contribution in [0.5, 0.6) is 5.75 Å². The van der Waals surface area contributed by atoms with Gasteiger partial charge in [0.25, 0.3) is 0 Å². The van der Waals surface area contributed by atoms with Gasteiger partial charge in [-0.05, 0) is 42.8 Å². The highest BCUT2D eigenvalue weighted by Gasteiger charge is 2.21. The summed E-state index contributed by atoms with van der Waals surface area (Å²) in [6, 6.07) is 6.59.